The Hall–Kier alpha value is 0.137. The lowest BCUT2D eigenvalue weighted by Crippen LogP contribution is -2.48. The molecule has 0 aliphatic heterocycles. The molecule has 0 amide bonds. The average Bonchev–Trinajstić information content (AvgIpc) is 2.70. The van der Waals surface area contributed by atoms with Crippen molar-refractivity contribution in [3.63, 3.8) is 0 Å². The molecule has 0 aromatic rings. The number of hydrogen-bond acceptors (Lipinski definition) is 2. The molecule has 3 heteroatoms. The first kappa shape index (κ1) is 14.5. The fraction of sp³-hybridized carbons (Fsp3) is 1.00. The summed E-state index contributed by atoms with van der Waals surface area (Å²) in [5, 5.41) is 0.316. The van der Waals surface area contributed by atoms with Gasteiger partial charge in [0, 0.05) is 7.11 Å². The van der Waals surface area contributed by atoms with E-state index in [2.05, 4.69) is 33.9 Å². The average molecular weight is 270 g/mol. The minimum atomic E-state index is -1.63. The Morgan fingerprint density at radius 3 is 2.06 bits per heavy atom. The van der Waals surface area contributed by atoms with Crippen molar-refractivity contribution in [3.8, 4) is 0 Å². The van der Waals surface area contributed by atoms with Crippen LogP contribution < -0.4 is 0 Å². The van der Waals surface area contributed by atoms with Gasteiger partial charge in [-0.05, 0) is 55.7 Å². The number of fused-ring (bicyclic) bond motifs is 2. The third kappa shape index (κ3) is 2.41. The Balaban J connectivity index is 2.08. The molecule has 0 saturated heterocycles. The van der Waals surface area contributed by atoms with Crippen LogP contribution in [0.2, 0.25) is 18.1 Å². The van der Waals surface area contributed by atoms with Crippen LogP contribution in [0.15, 0.2) is 0 Å². The Morgan fingerprint density at radius 2 is 1.61 bits per heavy atom. The van der Waals surface area contributed by atoms with Crippen molar-refractivity contribution >= 4 is 8.32 Å². The molecule has 2 aliphatic rings. The molecule has 0 heterocycles. The van der Waals surface area contributed by atoms with Crippen molar-refractivity contribution in [2.75, 3.05) is 13.7 Å². The van der Waals surface area contributed by atoms with Crippen LogP contribution in [-0.2, 0) is 9.16 Å². The Kier molecular flexibility index (Phi) is 3.49. The fourth-order valence-electron chi connectivity index (χ4n) is 3.61. The molecule has 106 valence electrons. The summed E-state index contributed by atoms with van der Waals surface area (Å²) in [5.41, 5.74) is 0.638. The van der Waals surface area contributed by atoms with E-state index < -0.39 is 8.32 Å². The van der Waals surface area contributed by atoms with Gasteiger partial charge in [-0.25, -0.2) is 0 Å². The summed E-state index contributed by atoms with van der Waals surface area (Å²) < 4.78 is 12.2. The van der Waals surface area contributed by atoms with Crippen molar-refractivity contribution in [2.45, 2.75) is 76.6 Å². The molecule has 2 saturated carbocycles. The van der Waals surface area contributed by atoms with Crippen LogP contribution >= 0.6 is 0 Å². The summed E-state index contributed by atoms with van der Waals surface area (Å²) in [7, 11) is 0.202. The maximum absolute atomic E-state index is 6.80. The lowest BCUT2D eigenvalue weighted by atomic mass is 9.85. The van der Waals surface area contributed by atoms with Gasteiger partial charge in [-0.2, -0.15) is 0 Å². The van der Waals surface area contributed by atoms with Crippen molar-refractivity contribution in [1.82, 2.24) is 0 Å². The van der Waals surface area contributed by atoms with Crippen LogP contribution in [0.4, 0.5) is 0 Å². The van der Waals surface area contributed by atoms with E-state index in [0.717, 1.165) is 6.61 Å². The predicted molar refractivity (Wildman–Crippen MR) is 78.4 cm³/mol. The summed E-state index contributed by atoms with van der Waals surface area (Å²) in [6.07, 6.45) is 6.34. The van der Waals surface area contributed by atoms with Crippen LogP contribution in [0, 0.1) is 5.41 Å². The number of hydrogen-bond donors (Lipinski definition) is 0. The number of methoxy groups -OCH3 is 1. The molecular formula is C15H30O2Si. The zero-order valence-electron chi connectivity index (χ0n) is 13.1. The van der Waals surface area contributed by atoms with E-state index in [1.165, 1.54) is 32.1 Å². The smallest absolute Gasteiger partial charge is 0.192 e. The molecule has 0 aromatic carbocycles. The fourth-order valence-corrected chi connectivity index (χ4v) is 5.27. The summed E-state index contributed by atoms with van der Waals surface area (Å²) in [4.78, 5) is 0. The molecule has 2 fully saturated rings. The second-order valence-electron chi connectivity index (χ2n) is 8.16. The van der Waals surface area contributed by atoms with Gasteiger partial charge in [-0.1, -0.05) is 20.8 Å². The Bertz CT molecular complexity index is 309. The minimum absolute atomic E-state index is 0.196. The monoisotopic (exact) mass is 270 g/mol. The van der Waals surface area contributed by atoms with E-state index in [9.17, 15) is 0 Å². The molecular weight excluding hydrogens is 240 g/mol. The highest BCUT2D eigenvalue weighted by Crippen LogP contribution is 2.60. The van der Waals surface area contributed by atoms with E-state index in [1.807, 2.05) is 7.11 Å². The quantitative estimate of drug-likeness (QED) is 0.707. The van der Waals surface area contributed by atoms with Gasteiger partial charge in [0.05, 0.1) is 12.2 Å². The predicted octanol–water partition coefficient (Wildman–Crippen LogP) is 4.36. The lowest BCUT2D eigenvalue weighted by Gasteiger charge is -2.43. The summed E-state index contributed by atoms with van der Waals surface area (Å²) in [6, 6.07) is 0. The van der Waals surface area contributed by atoms with Gasteiger partial charge in [-0.3, -0.25) is 0 Å². The number of ether oxygens (including phenoxy) is 1. The Morgan fingerprint density at radius 1 is 1.06 bits per heavy atom. The van der Waals surface area contributed by atoms with Gasteiger partial charge in [-0.15, -0.1) is 0 Å². The first-order chi connectivity index (χ1) is 8.14. The third-order valence-corrected chi connectivity index (χ3v) is 10.2. The topological polar surface area (TPSA) is 18.5 Å². The second kappa shape index (κ2) is 4.32. The van der Waals surface area contributed by atoms with Gasteiger partial charge >= 0.3 is 0 Å². The zero-order chi connectivity index (χ0) is 13.7. The van der Waals surface area contributed by atoms with Gasteiger partial charge in [0.2, 0.25) is 0 Å². The maximum Gasteiger partial charge on any atom is 0.192 e. The van der Waals surface area contributed by atoms with Crippen molar-refractivity contribution in [1.29, 1.82) is 0 Å². The van der Waals surface area contributed by atoms with Crippen molar-refractivity contribution in [3.05, 3.63) is 0 Å². The summed E-state index contributed by atoms with van der Waals surface area (Å²) in [6.45, 7) is 12.7. The van der Waals surface area contributed by atoms with Crippen LogP contribution in [-0.4, -0.2) is 27.6 Å². The van der Waals surface area contributed by atoms with Gasteiger partial charge in [0.1, 0.15) is 0 Å². The molecule has 0 unspecified atom stereocenters. The molecule has 2 aliphatic carbocycles. The highest BCUT2D eigenvalue weighted by molar-refractivity contribution is 6.74. The highest BCUT2D eigenvalue weighted by Gasteiger charge is 2.57. The molecule has 0 N–H and O–H groups in total. The van der Waals surface area contributed by atoms with Gasteiger partial charge in [0.15, 0.2) is 8.32 Å². The van der Waals surface area contributed by atoms with E-state index in [-0.39, 0.29) is 5.60 Å². The number of rotatable bonds is 4. The van der Waals surface area contributed by atoms with E-state index in [4.69, 9.17) is 9.16 Å². The van der Waals surface area contributed by atoms with Crippen LogP contribution in [0.1, 0.15) is 52.9 Å². The van der Waals surface area contributed by atoms with Crippen LogP contribution in [0.5, 0.6) is 0 Å². The second-order valence-corrected chi connectivity index (χ2v) is 12.9. The summed E-state index contributed by atoms with van der Waals surface area (Å²) in [5.74, 6) is 0. The summed E-state index contributed by atoms with van der Waals surface area (Å²) >= 11 is 0. The minimum Gasteiger partial charge on any atom is -0.411 e. The van der Waals surface area contributed by atoms with Crippen LogP contribution in [0.3, 0.4) is 0 Å². The van der Waals surface area contributed by atoms with Crippen molar-refractivity contribution < 1.29 is 9.16 Å². The van der Waals surface area contributed by atoms with E-state index in [0.29, 0.717) is 10.5 Å². The standard InChI is InChI=1S/C15H30O2Si/c1-13(2,3)18(5,6)17-15-9-7-14(11-15,8-10-15)12-16-4/h7-12H2,1-6H3. The molecule has 0 atom stereocenters. The Labute approximate surface area is 114 Å². The van der Waals surface area contributed by atoms with Crippen LogP contribution in [0.25, 0.3) is 0 Å². The van der Waals surface area contributed by atoms with Gasteiger partial charge in [0.25, 0.3) is 0 Å². The first-order valence-corrected chi connectivity index (χ1v) is 10.2. The normalized spacial score (nSPS) is 36.3. The zero-order valence-corrected chi connectivity index (χ0v) is 14.1. The maximum atomic E-state index is 6.80. The lowest BCUT2D eigenvalue weighted by molar-refractivity contribution is 0.0639. The van der Waals surface area contributed by atoms with E-state index >= 15 is 0 Å². The molecule has 2 rings (SSSR count). The van der Waals surface area contributed by atoms with Crippen molar-refractivity contribution in [2.24, 2.45) is 5.41 Å². The molecule has 2 nitrogen and oxygen atoms in total. The van der Waals surface area contributed by atoms with E-state index in [1.54, 1.807) is 0 Å². The first-order valence-electron chi connectivity index (χ1n) is 7.33. The SMILES string of the molecule is COCC12CCC(O[Si](C)(C)C(C)(C)C)(CC1)C2. The molecule has 0 spiro atoms. The third-order valence-electron chi connectivity index (χ3n) is 5.65. The molecule has 18 heavy (non-hydrogen) atoms. The molecule has 0 radical (unpaired) electrons. The molecule has 2 bridgehead atoms. The highest BCUT2D eigenvalue weighted by atomic mass is 28.4. The van der Waals surface area contributed by atoms with Gasteiger partial charge < -0.3 is 9.16 Å². The molecule has 0 aromatic heterocycles. The largest absolute Gasteiger partial charge is 0.411 e.